The van der Waals surface area contributed by atoms with Gasteiger partial charge in [0.1, 0.15) is 0 Å². The van der Waals surface area contributed by atoms with Crippen molar-refractivity contribution in [3.05, 3.63) is 30.1 Å². The van der Waals surface area contributed by atoms with Crippen LogP contribution in [-0.2, 0) is 6.54 Å². The average Bonchev–Trinajstić information content (AvgIpc) is 3.25. The van der Waals surface area contributed by atoms with Crippen LogP contribution in [0.5, 0.6) is 0 Å². The number of nitrogens with zero attached hydrogens (tertiary/aromatic N) is 2. The average molecular weight is 245 g/mol. The quantitative estimate of drug-likeness (QED) is 0.860. The van der Waals surface area contributed by atoms with E-state index in [1.165, 1.54) is 51.0 Å². The lowest BCUT2D eigenvalue weighted by molar-refractivity contribution is 0.191. The van der Waals surface area contributed by atoms with Gasteiger partial charge in [0, 0.05) is 25.3 Å². The topological polar surface area (TPSA) is 28.2 Å². The molecule has 0 bridgehead atoms. The van der Waals surface area contributed by atoms with Gasteiger partial charge in [-0.1, -0.05) is 6.07 Å². The fourth-order valence-corrected chi connectivity index (χ4v) is 2.89. The van der Waals surface area contributed by atoms with Gasteiger partial charge in [0.25, 0.3) is 0 Å². The number of nitrogens with one attached hydrogen (secondary N) is 1. The monoisotopic (exact) mass is 245 g/mol. The van der Waals surface area contributed by atoms with Gasteiger partial charge < -0.3 is 5.32 Å². The Morgan fingerprint density at radius 1 is 1.28 bits per heavy atom. The maximum atomic E-state index is 4.46. The Hall–Kier alpha value is -0.930. The summed E-state index contributed by atoms with van der Waals surface area (Å²) >= 11 is 0. The first-order chi connectivity index (χ1) is 8.92. The molecule has 18 heavy (non-hydrogen) atoms. The van der Waals surface area contributed by atoms with Crippen LogP contribution in [0.25, 0.3) is 0 Å². The van der Waals surface area contributed by atoms with Gasteiger partial charge in [-0.2, -0.15) is 0 Å². The molecule has 3 nitrogen and oxygen atoms in total. The predicted molar refractivity (Wildman–Crippen MR) is 73.3 cm³/mol. The highest BCUT2D eigenvalue weighted by molar-refractivity contribution is 5.04. The van der Waals surface area contributed by atoms with E-state index in [2.05, 4.69) is 27.3 Å². The van der Waals surface area contributed by atoms with Crippen molar-refractivity contribution >= 4 is 0 Å². The molecular formula is C15H23N3. The minimum absolute atomic E-state index is 0.828. The molecule has 1 saturated carbocycles. The van der Waals surface area contributed by atoms with Crippen LogP contribution in [0.3, 0.4) is 0 Å². The van der Waals surface area contributed by atoms with Gasteiger partial charge in [0.2, 0.25) is 0 Å². The third-order valence-corrected chi connectivity index (χ3v) is 4.05. The molecule has 0 aromatic carbocycles. The highest BCUT2D eigenvalue weighted by atomic mass is 15.2. The number of pyridine rings is 1. The van der Waals surface area contributed by atoms with Crippen LogP contribution in [0.2, 0.25) is 0 Å². The number of hydrogen-bond acceptors (Lipinski definition) is 3. The first-order valence-electron chi connectivity index (χ1n) is 7.26. The van der Waals surface area contributed by atoms with Crippen molar-refractivity contribution in [3.63, 3.8) is 0 Å². The van der Waals surface area contributed by atoms with Crippen molar-refractivity contribution in [2.45, 2.75) is 38.3 Å². The van der Waals surface area contributed by atoms with Gasteiger partial charge in [0.15, 0.2) is 0 Å². The second kappa shape index (κ2) is 5.81. The normalized spacial score (nSPS) is 24.4. The summed E-state index contributed by atoms with van der Waals surface area (Å²) in [6.07, 6.45) is 7.40. The maximum Gasteiger partial charge on any atom is 0.0544 e. The Morgan fingerprint density at radius 2 is 2.22 bits per heavy atom. The van der Waals surface area contributed by atoms with E-state index in [-0.39, 0.29) is 0 Å². The predicted octanol–water partition coefficient (Wildman–Crippen LogP) is 2.05. The van der Waals surface area contributed by atoms with E-state index in [0.717, 1.165) is 18.5 Å². The van der Waals surface area contributed by atoms with E-state index in [0.29, 0.717) is 0 Å². The lowest BCUT2D eigenvalue weighted by Crippen LogP contribution is -2.39. The minimum Gasteiger partial charge on any atom is -0.316 e. The highest BCUT2D eigenvalue weighted by Crippen LogP contribution is 2.29. The summed E-state index contributed by atoms with van der Waals surface area (Å²) in [5, 5.41) is 3.52. The molecule has 0 spiro atoms. The van der Waals surface area contributed by atoms with Gasteiger partial charge in [0.05, 0.1) is 5.69 Å². The standard InChI is InChI=1S/C15H23N3/c1-2-9-17-14(5-1)12-18(15-6-7-15)11-13-4-3-8-16-10-13/h1-2,5,9,13,15-16H,3-4,6-8,10-12H2. The van der Waals surface area contributed by atoms with Crippen LogP contribution in [-0.4, -0.2) is 35.6 Å². The summed E-state index contributed by atoms with van der Waals surface area (Å²) in [7, 11) is 0. The fraction of sp³-hybridized carbons (Fsp3) is 0.667. The molecule has 1 aliphatic heterocycles. The van der Waals surface area contributed by atoms with Gasteiger partial charge >= 0.3 is 0 Å². The lowest BCUT2D eigenvalue weighted by Gasteiger charge is -2.30. The summed E-state index contributed by atoms with van der Waals surface area (Å²) in [6, 6.07) is 7.06. The number of piperidine rings is 1. The maximum absolute atomic E-state index is 4.46. The van der Waals surface area contributed by atoms with Gasteiger partial charge in [-0.05, 0) is 56.8 Å². The highest BCUT2D eigenvalue weighted by Gasteiger charge is 2.31. The minimum atomic E-state index is 0.828. The number of rotatable bonds is 5. The van der Waals surface area contributed by atoms with E-state index in [4.69, 9.17) is 0 Å². The summed E-state index contributed by atoms with van der Waals surface area (Å²) in [4.78, 5) is 7.12. The van der Waals surface area contributed by atoms with E-state index in [1.54, 1.807) is 0 Å². The molecule has 1 aliphatic carbocycles. The van der Waals surface area contributed by atoms with E-state index in [9.17, 15) is 0 Å². The molecular weight excluding hydrogens is 222 g/mol. The van der Waals surface area contributed by atoms with Crippen molar-refractivity contribution in [1.82, 2.24) is 15.2 Å². The molecule has 1 saturated heterocycles. The zero-order chi connectivity index (χ0) is 12.2. The van der Waals surface area contributed by atoms with Crippen LogP contribution in [0.15, 0.2) is 24.4 Å². The van der Waals surface area contributed by atoms with Gasteiger partial charge in [-0.25, -0.2) is 0 Å². The second-order valence-electron chi connectivity index (χ2n) is 5.69. The fourth-order valence-electron chi connectivity index (χ4n) is 2.89. The van der Waals surface area contributed by atoms with Gasteiger partial charge in [-0.15, -0.1) is 0 Å². The Labute approximate surface area is 110 Å². The first kappa shape index (κ1) is 12.1. The van der Waals surface area contributed by atoms with Crippen LogP contribution >= 0.6 is 0 Å². The third-order valence-electron chi connectivity index (χ3n) is 4.05. The molecule has 1 aromatic rings. The molecule has 3 rings (SSSR count). The Morgan fingerprint density at radius 3 is 2.89 bits per heavy atom. The number of hydrogen-bond donors (Lipinski definition) is 1. The van der Waals surface area contributed by atoms with E-state index >= 15 is 0 Å². The summed E-state index contributed by atoms with van der Waals surface area (Å²) in [5.41, 5.74) is 1.22. The molecule has 2 heterocycles. The van der Waals surface area contributed by atoms with Crippen LogP contribution in [0.4, 0.5) is 0 Å². The molecule has 1 N–H and O–H groups in total. The lowest BCUT2D eigenvalue weighted by atomic mass is 9.99. The van der Waals surface area contributed by atoms with Crippen LogP contribution in [0, 0.1) is 5.92 Å². The second-order valence-corrected chi connectivity index (χ2v) is 5.69. The summed E-state index contributed by atoms with van der Waals surface area (Å²) in [5.74, 6) is 0.836. The Bertz CT molecular complexity index is 355. The molecule has 98 valence electrons. The molecule has 0 radical (unpaired) electrons. The molecule has 1 aromatic heterocycles. The third kappa shape index (κ3) is 3.30. The SMILES string of the molecule is c1ccc(CN(CC2CCCNC2)C2CC2)nc1. The summed E-state index contributed by atoms with van der Waals surface area (Å²) in [6.45, 7) is 4.68. The smallest absolute Gasteiger partial charge is 0.0544 e. The zero-order valence-corrected chi connectivity index (χ0v) is 11.0. The zero-order valence-electron chi connectivity index (χ0n) is 11.0. The van der Waals surface area contributed by atoms with Crippen molar-refractivity contribution in [2.24, 2.45) is 5.92 Å². The largest absolute Gasteiger partial charge is 0.316 e. The first-order valence-corrected chi connectivity index (χ1v) is 7.26. The van der Waals surface area contributed by atoms with Crippen LogP contribution < -0.4 is 5.32 Å². The Kier molecular flexibility index (Phi) is 3.91. The van der Waals surface area contributed by atoms with Crippen molar-refractivity contribution < 1.29 is 0 Å². The molecule has 0 amide bonds. The number of aromatic nitrogens is 1. The molecule has 3 heteroatoms. The Balaban J connectivity index is 1.58. The van der Waals surface area contributed by atoms with Crippen molar-refractivity contribution in [2.75, 3.05) is 19.6 Å². The molecule has 2 aliphatic rings. The van der Waals surface area contributed by atoms with E-state index in [1.807, 2.05) is 12.3 Å². The van der Waals surface area contributed by atoms with Crippen molar-refractivity contribution in [3.8, 4) is 0 Å². The molecule has 1 atom stereocenters. The summed E-state index contributed by atoms with van der Waals surface area (Å²) < 4.78 is 0. The molecule has 1 unspecified atom stereocenters. The molecule has 2 fully saturated rings. The van der Waals surface area contributed by atoms with Crippen molar-refractivity contribution in [1.29, 1.82) is 0 Å². The van der Waals surface area contributed by atoms with Gasteiger partial charge in [-0.3, -0.25) is 9.88 Å². The van der Waals surface area contributed by atoms with Crippen LogP contribution in [0.1, 0.15) is 31.4 Å². The van der Waals surface area contributed by atoms with E-state index < -0.39 is 0 Å².